The molecule has 1 amide bonds. The van der Waals surface area contributed by atoms with E-state index in [0.717, 1.165) is 0 Å². The fraction of sp³-hybridized carbons (Fsp3) is 0.364. The van der Waals surface area contributed by atoms with Gasteiger partial charge in [0.1, 0.15) is 10.8 Å². The maximum Gasteiger partial charge on any atom is 0.233 e. The van der Waals surface area contributed by atoms with Crippen LogP contribution in [0.1, 0.15) is 13.8 Å². The molecule has 0 aliphatic rings. The van der Waals surface area contributed by atoms with Crippen LogP contribution in [0.2, 0.25) is 5.02 Å². The Morgan fingerprint density at radius 2 is 2.29 bits per heavy atom. The Labute approximate surface area is 109 Å². The first-order valence-corrected chi connectivity index (χ1v) is 6.30. The van der Waals surface area contributed by atoms with Crippen molar-refractivity contribution in [2.75, 3.05) is 6.54 Å². The van der Waals surface area contributed by atoms with Crippen LogP contribution < -0.4 is 5.32 Å². The molecule has 0 aromatic carbocycles. The highest BCUT2D eigenvalue weighted by Gasteiger charge is 2.16. The van der Waals surface area contributed by atoms with Crippen LogP contribution in [-0.4, -0.2) is 28.5 Å². The Morgan fingerprint density at radius 3 is 2.88 bits per heavy atom. The highest BCUT2D eigenvalue weighted by molar-refractivity contribution is 8.00. The Hall–Kier alpha value is -1.07. The average Bonchev–Trinajstić information content (AvgIpc) is 2.28. The smallest absolute Gasteiger partial charge is 0.233 e. The van der Waals surface area contributed by atoms with E-state index in [1.165, 1.54) is 18.7 Å². The molecule has 4 nitrogen and oxygen atoms in total. The van der Waals surface area contributed by atoms with Crippen LogP contribution in [0, 0.1) is 0 Å². The van der Waals surface area contributed by atoms with E-state index >= 15 is 0 Å². The maximum atomic E-state index is 11.6. The van der Waals surface area contributed by atoms with Gasteiger partial charge in [0.2, 0.25) is 5.91 Å². The monoisotopic (exact) mass is 272 g/mol. The molecular weight excluding hydrogens is 260 g/mol. The maximum absolute atomic E-state index is 11.6. The van der Waals surface area contributed by atoms with Gasteiger partial charge in [0, 0.05) is 6.20 Å². The molecule has 0 spiro atoms. The minimum absolute atomic E-state index is 0.0552. The summed E-state index contributed by atoms with van der Waals surface area (Å²) < 4.78 is 0. The predicted octanol–water partition coefficient (Wildman–Crippen LogP) is 1.92. The molecule has 0 saturated carbocycles. The lowest BCUT2D eigenvalue weighted by molar-refractivity contribution is -0.123. The number of nitrogens with one attached hydrogen (secondary N) is 1. The van der Waals surface area contributed by atoms with Gasteiger partial charge in [-0.25, -0.2) is 4.98 Å². The summed E-state index contributed by atoms with van der Waals surface area (Å²) >= 11 is 7.19. The summed E-state index contributed by atoms with van der Waals surface area (Å²) in [5.74, 6) is -0.279. The first-order valence-electron chi connectivity index (χ1n) is 5.05. The lowest BCUT2D eigenvalue weighted by atomic mass is 10.4. The Bertz CT molecular complexity index is 426. The van der Waals surface area contributed by atoms with E-state index in [0.29, 0.717) is 10.0 Å². The number of carbonyl (C=O) groups excluding carboxylic acids is 2. The SMILES string of the molecule is CC(=O)CNC(=O)C(C)Sc1ncccc1Cl. The average molecular weight is 273 g/mol. The van der Waals surface area contributed by atoms with Crippen molar-refractivity contribution in [1.82, 2.24) is 10.3 Å². The summed E-state index contributed by atoms with van der Waals surface area (Å²) in [5, 5.41) is 3.32. The number of nitrogens with zero attached hydrogens (tertiary/aromatic N) is 1. The van der Waals surface area contributed by atoms with Crippen LogP contribution in [-0.2, 0) is 9.59 Å². The van der Waals surface area contributed by atoms with E-state index in [-0.39, 0.29) is 23.5 Å². The molecule has 1 aromatic rings. The number of rotatable bonds is 5. The molecule has 6 heteroatoms. The zero-order chi connectivity index (χ0) is 12.8. The highest BCUT2D eigenvalue weighted by atomic mass is 35.5. The molecule has 92 valence electrons. The lowest BCUT2D eigenvalue weighted by Crippen LogP contribution is -2.34. The molecule has 1 N–H and O–H groups in total. The number of thioether (sulfide) groups is 1. The van der Waals surface area contributed by atoms with Gasteiger partial charge in [-0.2, -0.15) is 0 Å². The predicted molar refractivity (Wildman–Crippen MR) is 68.3 cm³/mol. The minimum atomic E-state index is -0.346. The molecule has 0 bridgehead atoms. The van der Waals surface area contributed by atoms with Crippen LogP contribution in [0.5, 0.6) is 0 Å². The van der Waals surface area contributed by atoms with Gasteiger partial charge in [-0.1, -0.05) is 23.4 Å². The highest BCUT2D eigenvalue weighted by Crippen LogP contribution is 2.27. The number of ketones is 1. The second-order valence-corrected chi connectivity index (χ2v) is 5.21. The van der Waals surface area contributed by atoms with Crippen molar-refractivity contribution in [2.45, 2.75) is 24.1 Å². The standard InChI is InChI=1S/C11H13ClN2O2S/c1-7(15)6-14-10(16)8(2)17-11-9(12)4-3-5-13-11/h3-5,8H,6H2,1-2H3,(H,14,16). The molecule has 1 heterocycles. The van der Waals surface area contributed by atoms with Gasteiger partial charge in [-0.15, -0.1) is 0 Å². The van der Waals surface area contributed by atoms with Crippen LogP contribution in [0.25, 0.3) is 0 Å². The van der Waals surface area contributed by atoms with Gasteiger partial charge in [0.05, 0.1) is 16.8 Å². The topological polar surface area (TPSA) is 59.1 Å². The van der Waals surface area contributed by atoms with E-state index < -0.39 is 0 Å². The molecule has 17 heavy (non-hydrogen) atoms. The quantitative estimate of drug-likeness (QED) is 0.832. The second kappa shape index (κ2) is 6.61. The first-order chi connectivity index (χ1) is 8.00. The van der Waals surface area contributed by atoms with Crippen molar-refractivity contribution in [3.63, 3.8) is 0 Å². The van der Waals surface area contributed by atoms with Crippen molar-refractivity contribution in [3.05, 3.63) is 23.4 Å². The number of aromatic nitrogens is 1. The summed E-state index contributed by atoms with van der Waals surface area (Å²) in [5.41, 5.74) is 0. The number of hydrogen-bond donors (Lipinski definition) is 1. The molecule has 0 fully saturated rings. The van der Waals surface area contributed by atoms with Crippen molar-refractivity contribution in [2.24, 2.45) is 0 Å². The summed E-state index contributed by atoms with van der Waals surface area (Å²) in [4.78, 5) is 26.4. The third-order valence-corrected chi connectivity index (χ3v) is 3.43. The van der Waals surface area contributed by atoms with Gasteiger partial charge in [0.25, 0.3) is 0 Å². The first kappa shape index (κ1) is 14.0. The largest absolute Gasteiger partial charge is 0.348 e. The Kier molecular flexibility index (Phi) is 5.44. The zero-order valence-electron chi connectivity index (χ0n) is 9.57. The zero-order valence-corrected chi connectivity index (χ0v) is 11.1. The third kappa shape index (κ3) is 4.75. The molecule has 1 rings (SSSR count). The molecule has 0 aliphatic carbocycles. The molecular formula is C11H13ClN2O2S. The number of pyridine rings is 1. The second-order valence-electron chi connectivity index (χ2n) is 3.47. The number of carbonyl (C=O) groups is 2. The molecule has 0 aliphatic heterocycles. The molecule has 1 aromatic heterocycles. The fourth-order valence-corrected chi connectivity index (χ4v) is 2.12. The van der Waals surface area contributed by atoms with Crippen LogP contribution >= 0.6 is 23.4 Å². The van der Waals surface area contributed by atoms with E-state index in [9.17, 15) is 9.59 Å². The van der Waals surface area contributed by atoms with E-state index in [2.05, 4.69) is 10.3 Å². The van der Waals surface area contributed by atoms with Gasteiger partial charge in [0.15, 0.2) is 0 Å². The van der Waals surface area contributed by atoms with Gasteiger partial charge in [-0.3, -0.25) is 9.59 Å². The number of amides is 1. The normalized spacial score (nSPS) is 11.9. The summed E-state index contributed by atoms with van der Waals surface area (Å²) in [6.07, 6.45) is 1.62. The number of halogens is 1. The Balaban J connectivity index is 2.54. The molecule has 1 unspecified atom stereocenters. The van der Waals surface area contributed by atoms with Crippen LogP contribution in [0.3, 0.4) is 0 Å². The van der Waals surface area contributed by atoms with Crippen molar-refractivity contribution in [3.8, 4) is 0 Å². The summed E-state index contributed by atoms with van der Waals surface area (Å²) in [6.45, 7) is 3.22. The van der Waals surface area contributed by atoms with Gasteiger partial charge < -0.3 is 5.32 Å². The lowest BCUT2D eigenvalue weighted by Gasteiger charge is -2.11. The molecule has 0 radical (unpaired) electrons. The fourth-order valence-electron chi connectivity index (χ4n) is 1.03. The van der Waals surface area contributed by atoms with Gasteiger partial charge >= 0.3 is 0 Å². The van der Waals surface area contributed by atoms with E-state index in [4.69, 9.17) is 11.6 Å². The van der Waals surface area contributed by atoms with E-state index in [1.54, 1.807) is 25.3 Å². The minimum Gasteiger partial charge on any atom is -0.348 e. The molecule has 0 saturated heterocycles. The molecule has 1 atom stereocenters. The number of Topliss-reactive ketones (excluding diaryl/α,β-unsaturated/α-hetero) is 1. The van der Waals surface area contributed by atoms with Crippen LogP contribution in [0.15, 0.2) is 23.4 Å². The number of hydrogen-bond acceptors (Lipinski definition) is 4. The van der Waals surface area contributed by atoms with Gasteiger partial charge in [-0.05, 0) is 26.0 Å². The van der Waals surface area contributed by atoms with Crippen molar-refractivity contribution < 1.29 is 9.59 Å². The third-order valence-electron chi connectivity index (χ3n) is 1.89. The van der Waals surface area contributed by atoms with E-state index in [1.807, 2.05) is 0 Å². The summed E-state index contributed by atoms with van der Waals surface area (Å²) in [6, 6.07) is 3.45. The van der Waals surface area contributed by atoms with Crippen molar-refractivity contribution >= 4 is 35.1 Å². The summed E-state index contributed by atoms with van der Waals surface area (Å²) in [7, 11) is 0. The Morgan fingerprint density at radius 1 is 1.59 bits per heavy atom. The van der Waals surface area contributed by atoms with Crippen LogP contribution in [0.4, 0.5) is 0 Å². The van der Waals surface area contributed by atoms with Crippen molar-refractivity contribution in [1.29, 1.82) is 0 Å².